The van der Waals surface area contributed by atoms with Gasteiger partial charge in [0, 0.05) is 12.6 Å². The predicted molar refractivity (Wildman–Crippen MR) is 144 cm³/mol. The summed E-state index contributed by atoms with van der Waals surface area (Å²) in [6.07, 6.45) is -0.790. The molecule has 0 spiro atoms. The molecule has 1 aromatic heterocycles. The SMILES string of the molecule is COc1ccc(C(OC[C@H]2O[C@@H](c3c[nH]c(=O)[nH]c3=O)C[C@@H]2O)(c2ccccc2)c2ccc(OC)cc2)cc1. The van der Waals surface area contributed by atoms with Crippen molar-refractivity contribution >= 4 is 0 Å². The molecule has 4 aromatic rings. The minimum absolute atomic E-state index is 0.0197. The number of hydrogen-bond acceptors (Lipinski definition) is 7. The lowest BCUT2D eigenvalue weighted by molar-refractivity contribution is -0.0830. The smallest absolute Gasteiger partial charge is 0.325 e. The zero-order valence-electron chi connectivity index (χ0n) is 21.6. The Hall–Kier alpha value is -4.18. The molecule has 9 heteroatoms. The van der Waals surface area contributed by atoms with Crippen LogP contribution < -0.4 is 20.7 Å². The van der Waals surface area contributed by atoms with E-state index in [9.17, 15) is 14.7 Å². The Labute approximate surface area is 225 Å². The van der Waals surface area contributed by atoms with E-state index >= 15 is 0 Å². The first kappa shape index (κ1) is 26.4. The van der Waals surface area contributed by atoms with E-state index in [1.54, 1.807) is 14.2 Å². The quantitative estimate of drug-likeness (QED) is 0.284. The Bertz CT molecular complexity index is 1450. The van der Waals surface area contributed by atoms with Gasteiger partial charge in [0.25, 0.3) is 5.56 Å². The normalized spacial score (nSPS) is 19.1. The monoisotopic (exact) mass is 530 g/mol. The zero-order chi connectivity index (χ0) is 27.4. The molecule has 2 heterocycles. The summed E-state index contributed by atoms with van der Waals surface area (Å²) in [4.78, 5) is 28.4. The molecule has 3 aromatic carbocycles. The minimum atomic E-state index is -1.07. The Morgan fingerprint density at radius 2 is 1.44 bits per heavy atom. The number of hydrogen-bond donors (Lipinski definition) is 3. The number of H-pyrrole nitrogens is 2. The first-order valence-electron chi connectivity index (χ1n) is 12.6. The number of methoxy groups -OCH3 is 2. The number of aliphatic hydroxyl groups is 1. The van der Waals surface area contributed by atoms with E-state index in [0.717, 1.165) is 16.7 Å². The second-order valence-corrected chi connectivity index (χ2v) is 9.31. The molecular weight excluding hydrogens is 500 g/mol. The van der Waals surface area contributed by atoms with Gasteiger partial charge in [-0.15, -0.1) is 0 Å². The van der Waals surface area contributed by atoms with E-state index in [4.69, 9.17) is 18.9 Å². The summed E-state index contributed by atoms with van der Waals surface area (Å²) in [6, 6.07) is 25.1. The molecule has 3 N–H and O–H groups in total. The van der Waals surface area contributed by atoms with E-state index in [1.807, 2.05) is 78.9 Å². The van der Waals surface area contributed by atoms with Gasteiger partial charge in [0.1, 0.15) is 23.2 Å². The highest BCUT2D eigenvalue weighted by Crippen LogP contribution is 2.43. The topological polar surface area (TPSA) is 123 Å². The van der Waals surface area contributed by atoms with Crippen LogP contribution in [0.4, 0.5) is 0 Å². The molecule has 0 amide bonds. The number of aromatic nitrogens is 2. The van der Waals surface area contributed by atoms with Crippen LogP contribution in [0.25, 0.3) is 0 Å². The van der Waals surface area contributed by atoms with Crippen LogP contribution in [0.3, 0.4) is 0 Å². The molecule has 3 atom stereocenters. The maximum atomic E-state index is 12.3. The molecule has 0 bridgehead atoms. The van der Waals surface area contributed by atoms with Crippen molar-refractivity contribution in [2.24, 2.45) is 0 Å². The molecule has 0 saturated carbocycles. The van der Waals surface area contributed by atoms with Crippen molar-refractivity contribution in [3.8, 4) is 11.5 Å². The van der Waals surface area contributed by atoms with Crippen molar-refractivity contribution in [2.75, 3.05) is 20.8 Å². The Morgan fingerprint density at radius 3 is 1.97 bits per heavy atom. The molecule has 39 heavy (non-hydrogen) atoms. The molecular formula is C30H30N2O7. The molecule has 5 rings (SSSR count). The average Bonchev–Trinajstić information content (AvgIpc) is 3.34. The highest BCUT2D eigenvalue weighted by atomic mass is 16.6. The largest absolute Gasteiger partial charge is 0.497 e. The lowest BCUT2D eigenvalue weighted by atomic mass is 9.80. The standard InChI is InChI=1S/C30H30N2O7/c1-36-22-12-8-20(9-13-22)30(19-6-4-3-5-7-19,21-10-14-23(37-2)15-11-21)38-18-27-25(33)16-26(39-27)24-17-31-29(35)32-28(24)34/h3-15,17,25-27,33H,16,18H2,1-2H3,(H2,31,32,34,35)/t25-,26+,27+/m0/s1. The van der Waals surface area contributed by atoms with Crippen LogP contribution in [-0.2, 0) is 15.1 Å². The van der Waals surface area contributed by atoms with Crippen LogP contribution in [-0.4, -0.2) is 48.1 Å². The molecule has 0 unspecified atom stereocenters. The van der Waals surface area contributed by atoms with Gasteiger partial charge in [-0.1, -0.05) is 54.6 Å². The summed E-state index contributed by atoms with van der Waals surface area (Å²) in [5, 5.41) is 10.9. The van der Waals surface area contributed by atoms with Crippen LogP contribution in [0.5, 0.6) is 11.5 Å². The molecule has 1 fully saturated rings. The van der Waals surface area contributed by atoms with E-state index in [-0.39, 0.29) is 18.6 Å². The van der Waals surface area contributed by atoms with Crippen molar-refractivity contribution in [2.45, 2.75) is 30.3 Å². The number of rotatable bonds is 9. The molecule has 9 nitrogen and oxygen atoms in total. The van der Waals surface area contributed by atoms with E-state index in [0.29, 0.717) is 11.5 Å². The van der Waals surface area contributed by atoms with Crippen LogP contribution in [0.2, 0.25) is 0 Å². The second-order valence-electron chi connectivity index (χ2n) is 9.31. The lowest BCUT2D eigenvalue weighted by Gasteiger charge is -2.37. The molecule has 1 saturated heterocycles. The average molecular weight is 531 g/mol. The fourth-order valence-corrected chi connectivity index (χ4v) is 5.02. The van der Waals surface area contributed by atoms with Gasteiger partial charge in [-0.3, -0.25) is 9.78 Å². The summed E-state index contributed by atoms with van der Waals surface area (Å²) in [5.41, 5.74) is 0.594. The lowest BCUT2D eigenvalue weighted by Crippen LogP contribution is -2.38. The van der Waals surface area contributed by atoms with Crippen molar-refractivity contribution in [1.29, 1.82) is 0 Å². The number of ether oxygens (including phenoxy) is 4. The van der Waals surface area contributed by atoms with Gasteiger partial charge in [-0.05, 0) is 41.0 Å². The predicted octanol–water partition coefficient (Wildman–Crippen LogP) is 3.28. The Morgan fingerprint density at radius 1 is 0.872 bits per heavy atom. The van der Waals surface area contributed by atoms with Crippen molar-refractivity contribution in [3.63, 3.8) is 0 Å². The first-order chi connectivity index (χ1) is 18.9. The fraction of sp³-hybridized carbons (Fsp3) is 0.267. The highest BCUT2D eigenvalue weighted by molar-refractivity contribution is 5.49. The molecule has 0 radical (unpaired) electrons. The Balaban J connectivity index is 1.54. The van der Waals surface area contributed by atoms with Crippen molar-refractivity contribution < 1.29 is 24.1 Å². The number of aromatic amines is 2. The summed E-state index contributed by atoms with van der Waals surface area (Å²) < 4.78 is 23.7. The maximum Gasteiger partial charge on any atom is 0.325 e. The minimum Gasteiger partial charge on any atom is -0.497 e. The maximum absolute atomic E-state index is 12.3. The van der Waals surface area contributed by atoms with Crippen molar-refractivity contribution in [3.05, 3.63) is 128 Å². The number of aliphatic hydroxyl groups excluding tert-OH is 1. The molecule has 202 valence electrons. The first-order valence-corrected chi connectivity index (χ1v) is 12.6. The van der Waals surface area contributed by atoms with E-state index < -0.39 is 35.2 Å². The third-order valence-electron chi connectivity index (χ3n) is 7.06. The molecule has 0 aliphatic carbocycles. The van der Waals surface area contributed by atoms with Gasteiger partial charge in [0.15, 0.2) is 0 Å². The third-order valence-corrected chi connectivity index (χ3v) is 7.06. The second kappa shape index (κ2) is 11.3. The van der Waals surface area contributed by atoms with Crippen LogP contribution >= 0.6 is 0 Å². The summed E-state index contributed by atoms with van der Waals surface area (Å²) >= 11 is 0. The summed E-state index contributed by atoms with van der Waals surface area (Å²) in [7, 11) is 3.23. The van der Waals surface area contributed by atoms with Gasteiger partial charge < -0.3 is 29.0 Å². The highest BCUT2D eigenvalue weighted by Gasteiger charge is 2.42. The summed E-state index contributed by atoms with van der Waals surface area (Å²) in [6.45, 7) is 0.0197. The summed E-state index contributed by atoms with van der Waals surface area (Å²) in [5.74, 6) is 1.41. The van der Waals surface area contributed by atoms with Gasteiger partial charge in [-0.2, -0.15) is 0 Å². The molecule has 1 aliphatic rings. The van der Waals surface area contributed by atoms with Crippen molar-refractivity contribution in [1.82, 2.24) is 9.97 Å². The number of nitrogens with one attached hydrogen (secondary N) is 2. The van der Waals surface area contributed by atoms with Crippen LogP contribution in [0.15, 0.2) is 94.6 Å². The van der Waals surface area contributed by atoms with E-state index in [1.165, 1.54) is 6.20 Å². The van der Waals surface area contributed by atoms with Gasteiger partial charge in [-0.25, -0.2) is 4.79 Å². The zero-order valence-corrected chi connectivity index (χ0v) is 21.6. The van der Waals surface area contributed by atoms with Gasteiger partial charge in [0.05, 0.1) is 38.6 Å². The number of benzene rings is 3. The van der Waals surface area contributed by atoms with Crippen LogP contribution in [0.1, 0.15) is 34.8 Å². The third kappa shape index (κ3) is 5.24. The van der Waals surface area contributed by atoms with Gasteiger partial charge >= 0.3 is 5.69 Å². The van der Waals surface area contributed by atoms with Crippen LogP contribution in [0, 0.1) is 0 Å². The van der Waals surface area contributed by atoms with Gasteiger partial charge in [0.2, 0.25) is 0 Å². The van der Waals surface area contributed by atoms with E-state index in [2.05, 4.69) is 9.97 Å². The fourth-order valence-electron chi connectivity index (χ4n) is 5.02. The Kier molecular flexibility index (Phi) is 7.65. The molecule has 1 aliphatic heterocycles.